The van der Waals surface area contributed by atoms with Crippen molar-refractivity contribution in [2.75, 3.05) is 7.11 Å². The van der Waals surface area contributed by atoms with Gasteiger partial charge >= 0.3 is 5.97 Å². The Labute approximate surface area is 150 Å². The molecule has 0 aromatic heterocycles. The summed E-state index contributed by atoms with van der Waals surface area (Å²) in [5.74, 6) is 12.1. The molecule has 0 aliphatic heterocycles. The van der Waals surface area contributed by atoms with E-state index in [2.05, 4.69) is 16.4 Å². The van der Waals surface area contributed by atoms with Crippen LogP contribution in [0.4, 0.5) is 0 Å². The summed E-state index contributed by atoms with van der Waals surface area (Å²) in [5, 5.41) is 17.0. The van der Waals surface area contributed by atoms with Gasteiger partial charge in [0.05, 0.1) is 35.9 Å². The lowest BCUT2D eigenvalue weighted by Crippen LogP contribution is -2.29. The summed E-state index contributed by atoms with van der Waals surface area (Å²) in [4.78, 5) is 21.9. The van der Waals surface area contributed by atoms with E-state index < -0.39 is 11.9 Å². The summed E-state index contributed by atoms with van der Waals surface area (Å²) in [7, 11) is 1.31. The zero-order valence-corrected chi connectivity index (χ0v) is 14.0. The van der Waals surface area contributed by atoms with Crippen LogP contribution in [0.25, 0.3) is 0 Å². The number of hydrogen-bond acceptors (Lipinski definition) is 8. The van der Waals surface area contributed by atoms with Crippen molar-refractivity contribution in [1.82, 2.24) is 5.43 Å². The molecule has 0 saturated carbocycles. The minimum absolute atomic E-state index is 0.386. The van der Waals surface area contributed by atoms with Crippen LogP contribution < -0.4 is 23.0 Å². The molecule has 2 rings (SSSR count). The second-order valence-electron chi connectivity index (χ2n) is 4.35. The number of benzene rings is 2. The molecule has 0 saturated heterocycles. The third kappa shape index (κ3) is 7.21. The van der Waals surface area contributed by atoms with Gasteiger partial charge in [0.1, 0.15) is 0 Å². The van der Waals surface area contributed by atoms with Crippen molar-refractivity contribution in [3.63, 3.8) is 0 Å². The standard InChI is InChI=1S/C9H7NO2.C8H7N3O.H4N2/c1-12-9(11)8-4-2-3-7(5-8)6-10;9-5-6-2-1-3-7(4-6)8(12)11-10;1-2/h2-5H,1H3;1-4H,10H2,(H,11,12);1-2H2. The zero-order chi connectivity index (χ0) is 19.9. The molecule has 0 heterocycles. The molecule has 0 atom stereocenters. The van der Waals surface area contributed by atoms with E-state index in [-0.39, 0.29) is 0 Å². The molecule has 0 fully saturated rings. The number of ether oxygens (including phenoxy) is 1. The number of hydrogen-bond donors (Lipinski definition) is 4. The first-order valence-corrected chi connectivity index (χ1v) is 6.98. The highest BCUT2D eigenvalue weighted by Crippen LogP contribution is 2.05. The average Bonchev–Trinajstić information content (AvgIpc) is 2.74. The smallest absolute Gasteiger partial charge is 0.337 e. The lowest BCUT2D eigenvalue weighted by molar-refractivity contribution is 0.0600. The highest BCUT2D eigenvalue weighted by Gasteiger charge is 2.04. The summed E-state index contributed by atoms with van der Waals surface area (Å²) in [6.45, 7) is 0. The number of esters is 1. The van der Waals surface area contributed by atoms with Gasteiger partial charge in [-0.3, -0.25) is 21.9 Å². The molecule has 7 N–H and O–H groups in total. The summed E-state index contributed by atoms with van der Waals surface area (Å²) in [6, 6.07) is 16.5. The Kier molecular flexibility index (Phi) is 10.8. The van der Waals surface area contributed by atoms with Crippen LogP contribution in [-0.2, 0) is 4.74 Å². The molecule has 2 aromatic rings. The summed E-state index contributed by atoms with van der Waals surface area (Å²) >= 11 is 0. The number of nitrogen functional groups attached to an aromatic ring is 1. The summed E-state index contributed by atoms with van der Waals surface area (Å²) < 4.78 is 4.49. The van der Waals surface area contributed by atoms with Crippen LogP contribution in [0.15, 0.2) is 48.5 Å². The minimum atomic E-state index is -0.424. The number of nitriles is 2. The summed E-state index contributed by atoms with van der Waals surface area (Å²) in [6.07, 6.45) is 0. The van der Waals surface area contributed by atoms with E-state index in [1.165, 1.54) is 19.2 Å². The van der Waals surface area contributed by atoms with Gasteiger partial charge in [0.25, 0.3) is 5.91 Å². The molecule has 0 radical (unpaired) electrons. The van der Waals surface area contributed by atoms with Gasteiger partial charge in [-0.05, 0) is 36.4 Å². The molecule has 9 heteroatoms. The molecule has 0 spiro atoms. The second kappa shape index (κ2) is 12.6. The third-order valence-electron chi connectivity index (χ3n) is 2.80. The topological polar surface area (TPSA) is 181 Å². The lowest BCUT2D eigenvalue weighted by atomic mass is 10.1. The van der Waals surface area contributed by atoms with Gasteiger partial charge in [-0.2, -0.15) is 10.5 Å². The Morgan fingerprint density at radius 1 is 0.962 bits per heavy atom. The number of nitrogens with one attached hydrogen (secondary N) is 1. The molecule has 1 amide bonds. The molecular formula is C17H18N6O3. The number of carbonyl (C=O) groups excluding carboxylic acids is 2. The van der Waals surface area contributed by atoms with Crippen molar-refractivity contribution in [2.45, 2.75) is 0 Å². The second-order valence-corrected chi connectivity index (χ2v) is 4.35. The molecule has 134 valence electrons. The van der Waals surface area contributed by atoms with Gasteiger partial charge in [0.15, 0.2) is 0 Å². The van der Waals surface area contributed by atoms with Crippen molar-refractivity contribution in [2.24, 2.45) is 17.5 Å². The predicted octanol–water partition coefficient (Wildman–Crippen LogP) is 0.325. The maximum atomic E-state index is 10.9. The van der Waals surface area contributed by atoms with Crippen LogP contribution in [0, 0.1) is 22.7 Å². The molecule has 0 aliphatic carbocycles. The number of rotatable bonds is 2. The van der Waals surface area contributed by atoms with Crippen LogP contribution in [0.3, 0.4) is 0 Å². The monoisotopic (exact) mass is 354 g/mol. The van der Waals surface area contributed by atoms with E-state index in [1.807, 2.05) is 17.6 Å². The largest absolute Gasteiger partial charge is 0.465 e. The Bertz CT molecular complexity index is 754. The normalized spacial score (nSPS) is 8.23. The SMILES string of the molecule is COC(=O)c1cccc(C#N)c1.N#Cc1cccc(C(=O)NN)c1.NN. The molecule has 2 aromatic carbocycles. The minimum Gasteiger partial charge on any atom is -0.465 e. The number of nitrogens with zero attached hydrogens (tertiary/aromatic N) is 2. The molecule has 0 bridgehead atoms. The van der Waals surface area contributed by atoms with E-state index >= 15 is 0 Å². The van der Waals surface area contributed by atoms with Gasteiger partial charge in [0, 0.05) is 5.56 Å². The first kappa shape index (κ1) is 22.2. The number of hydrazine groups is 2. The van der Waals surface area contributed by atoms with Crippen LogP contribution in [0.2, 0.25) is 0 Å². The first-order valence-electron chi connectivity index (χ1n) is 6.98. The number of methoxy groups -OCH3 is 1. The highest BCUT2D eigenvalue weighted by atomic mass is 16.5. The average molecular weight is 354 g/mol. The predicted molar refractivity (Wildman–Crippen MR) is 93.7 cm³/mol. The molecular weight excluding hydrogens is 336 g/mol. The Hall–Kier alpha value is -3.76. The van der Waals surface area contributed by atoms with Crippen LogP contribution in [0.1, 0.15) is 31.8 Å². The van der Waals surface area contributed by atoms with Crippen molar-refractivity contribution in [3.8, 4) is 12.1 Å². The highest BCUT2D eigenvalue weighted by molar-refractivity contribution is 5.94. The van der Waals surface area contributed by atoms with Gasteiger partial charge in [-0.25, -0.2) is 10.6 Å². The summed E-state index contributed by atoms with van der Waals surface area (Å²) in [5.41, 5.74) is 3.67. The maximum absolute atomic E-state index is 10.9. The van der Waals surface area contributed by atoms with Crippen molar-refractivity contribution in [3.05, 3.63) is 70.8 Å². The quantitative estimate of drug-likeness (QED) is 0.257. The van der Waals surface area contributed by atoms with Crippen molar-refractivity contribution in [1.29, 1.82) is 10.5 Å². The number of amides is 1. The zero-order valence-electron chi connectivity index (χ0n) is 14.0. The molecule has 0 unspecified atom stereocenters. The van der Waals surface area contributed by atoms with Crippen LogP contribution in [-0.4, -0.2) is 19.0 Å². The third-order valence-corrected chi connectivity index (χ3v) is 2.80. The van der Waals surface area contributed by atoms with E-state index in [4.69, 9.17) is 16.4 Å². The van der Waals surface area contributed by atoms with Gasteiger partial charge < -0.3 is 4.74 Å². The van der Waals surface area contributed by atoms with E-state index in [0.29, 0.717) is 22.3 Å². The maximum Gasteiger partial charge on any atom is 0.337 e. The lowest BCUT2D eigenvalue weighted by Gasteiger charge is -1.97. The van der Waals surface area contributed by atoms with Crippen molar-refractivity contribution < 1.29 is 14.3 Å². The van der Waals surface area contributed by atoms with Gasteiger partial charge in [0.2, 0.25) is 0 Å². The molecule has 26 heavy (non-hydrogen) atoms. The first-order chi connectivity index (χ1) is 12.5. The fraction of sp³-hybridized carbons (Fsp3) is 0.0588. The van der Waals surface area contributed by atoms with Crippen molar-refractivity contribution >= 4 is 11.9 Å². The van der Waals surface area contributed by atoms with Gasteiger partial charge in [-0.15, -0.1) is 0 Å². The van der Waals surface area contributed by atoms with Gasteiger partial charge in [-0.1, -0.05) is 12.1 Å². The Morgan fingerprint density at radius 3 is 1.85 bits per heavy atom. The van der Waals surface area contributed by atoms with E-state index in [0.717, 1.165) is 0 Å². The fourth-order valence-corrected chi connectivity index (χ4v) is 1.65. The molecule has 0 aliphatic rings. The fourth-order valence-electron chi connectivity index (χ4n) is 1.65. The molecule has 9 nitrogen and oxygen atoms in total. The van der Waals surface area contributed by atoms with E-state index in [1.54, 1.807) is 36.4 Å². The number of carbonyl (C=O) groups is 2. The van der Waals surface area contributed by atoms with Crippen LogP contribution in [0.5, 0.6) is 0 Å². The van der Waals surface area contributed by atoms with Crippen LogP contribution >= 0.6 is 0 Å². The number of nitrogens with two attached hydrogens (primary N) is 3. The van der Waals surface area contributed by atoms with E-state index in [9.17, 15) is 9.59 Å². The Morgan fingerprint density at radius 2 is 1.42 bits per heavy atom. The Balaban J connectivity index is 0.000000439.